The zero-order valence-electron chi connectivity index (χ0n) is 27.5. The van der Waals surface area contributed by atoms with E-state index >= 15 is 0 Å². The van der Waals surface area contributed by atoms with Gasteiger partial charge in [-0.2, -0.15) is 0 Å². The fourth-order valence-corrected chi connectivity index (χ4v) is 2.76. The van der Waals surface area contributed by atoms with Crippen molar-refractivity contribution in [3.63, 3.8) is 0 Å². The molecule has 0 saturated heterocycles. The van der Waals surface area contributed by atoms with Crippen LogP contribution in [0.25, 0.3) is 0 Å². The third-order valence-electron chi connectivity index (χ3n) is 4.37. The van der Waals surface area contributed by atoms with E-state index in [1.54, 1.807) is 0 Å². The summed E-state index contributed by atoms with van der Waals surface area (Å²) < 4.78 is 45.8. The monoisotopic (exact) mass is 882 g/mol. The largest absolute Gasteiger partial charge is 0.379 e. The molecule has 0 aliphatic heterocycles. The summed E-state index contributed by atoms with van der Waals surface area (Å²) in [6, 6.07) is 0. The molecular formula is C28H62O8Y4-4. The maximum atomic E-state index is 5.96. The Morgan fingerprint density at radius 1 is 0.325 bits per heavy atom. The van der Waals surface area contributed by atoms with E-state index in [0.717, 1.165) is 39.1 Å². The van der Waals surface area contributed by atoms with Gasteiger partial charge in [0, 0.05) is 157 Å². The van der Waals surface area contributed by atoms with Gasteiger partial charge in [-0.25, -0.2) is 0 Å². The molecule has 0 aromatic heterocycles. The summed E-state index contributed by atoms with van der Waals surface area (Å²) in [5, 5.41) is 0. The van der Waals surface area contributed by atoms with Crippen molar-refractivity contribution in [2.75, 3.05) is 106 Å². The van der Waals surface area contributed by atoms with Crippen LogP contribution in [0.3, 0.4) is 0 Å². The van der Waals surface area contributed by atoms with Gasteiger partial charge >= 0.3 is 0 Å². The van der Waals surface area contributed by atoms with Crippen LogP contribution in [0.2, 0.25) is 0 Å². The summed E-state index contributed by atoms with van der Waals surface area (Å²) in [6.07, 6.45) is 3.00. The summed E-state index contributed by atoms with van der Waals surface area (Å²) in [7, 11) is 0. The van der Waals surface area contributed by atoms with Gasteiger partial charge in [0.15, 0.2) is 0 Å². The summed E-state index contributed by atoms with van der Waals surface area (Å²) in [6.45, 7) is 17.4. The Bertz CT molecular complexity index is 336. The van der Waals surface area contributed by atoms with Gasteiger partial charge in [-0.3, -0.25) is 0 Å². The van der Waals surface area contributed by atoms with E-state index < -0.39 is 5.41 Å². The van der Waals surface area contributed by atoms with Crippen molar-refractivity contribution in [3.05, 3.63) is 29.7 Å². The molecule has 0 N–H and O–H groups in total. The first-order chi connectivity index (χ1) is 15.7. The molecule has 0 aromatic carbocycles. The van der Waals surface area contributed by atoms with Gasteiger partial charge in [0.1, 0.15) is 0 Å². The second-order valence-electron chi connectivity index (χ2n) is 7.74. The third-order valence-corrected chi connectivity index (χ3v) is 4.37. The topological polar surface area (TPSA) is 73.8 Å². The van der Waals surface area contributed by atoms with Gasteiger partial charge in [-0.05, 0) is 26.2 Å². The summed E-state index contributed by atoms with van der Waals surface area (Å²) in [4.78, 5) is 0. The van der Waals surface area contributed by atoms with Crippen LogP contribution < -0.4 is 0 Å². The molecule has 238 valence electrons. The predicted molar refractivity (Wildman–Crippen MR) is 151 cm³/mol. The van der Waals surface area contributed by atoms with Crippen molar-refractivity contribution in [1.29, 1.82) is 0 Å². The van der Waals surface area contributed by atoms with E-state index in [4.69, 9.17) is 37.9 Å². The minimum atomic E-state index is -0.424. The Balaban J connectivity index is -0.000000172. The van der Waals surface area contributed by atoms with Crippen LogP contribution in [0, 0.1) is 35.1 Å². The fraction of sp³-hybridized carbons (Fsp3) is 0.857. The van der Waals surface area contributed by atoms with E-state index in [1.807, 2.05) is 6.92 Å². The third kappa shape index (κ3) is 46.5. The molecule has 40 heavy (non-hydrogen) atoms. The van der Waals surface area contributed by atoms with Crippen molar-refractivity contribution in [2.45, 2.75) is 47.0 Å². The minimum Gasteiger partial charge on any atom is -0.379 e. The van der Waals surface area contributed by atoms with Crippen molar-refractivity contribution in [1.82, 2.24) is 0 Å². The molecular weight excluding hydrogens is 820 g/mol. The molecule has 0 rings (SSSR count). The van der Waals surface area contributed by atoms with Crippen molar-refractivity contribution in [3.8, 4) is 0 Å². The second kappa shape index (κ2) is 55.5. The quantitative estimate of drug-likeness (QED) is 0.0831. The summed E-state index contributed by atoms with van der Waals surface area (Å²) in [5.41, 5.74) is -0.424. The standard InChI is InChI=1S/C24H50O8.4CH3.4Y/c1-5-9-26-13-17-30-21-24(20-29-16-12-25-8-4,22-31-18-14-27-10-6-2)23-32-19-15-28-11-7-3;;;;;;;;/h5-23H2,1-4H3;4*1H3;;;;/q;4*-1;;;;. The Hall–Kier alpha value is 4.10. The maximum absolute atomic E-state index is 5.96. The minimum absolute atomic E-state index is 0. The smallest absolute Gasteiger partial charge is 0.0700 e. The van der Waals surface area contributed by atoms with Gasteiger partial charge in [0.05, 0.1) is 84.7 Å². The first-order valence-corrected chi connectivity index (χ1v) is 12.4. The van der Waals surface area contributed by atoms with Gasteiger partial charge in [-0.15, -0.1) is 0 Å². The van der Waals surface area contributed by atoms with Gasteiger partial charge < -0.3 is 67.6 Å². The molecule has 0 aromatic rings. The predicted octanol–water partition coefficient (Wildman–Crippen LogP) is 5.15. The molecule has 0 atom stereocenters. The van der Waals surface area contributed by atoms with E-state index in [9.17, 15) is 0 Å². The molecule has 12 heteroatoms. The molecule has 4 radical (unpaired) electrons. The average molecular weight is 882 g/mol. The molecule has 0 fully saturated rings. The molecule has 0 aliphatic rings. The van der Waals surface area contributed by atoms with E-state index in [1.165, 1.54) is 0 Å². The molecule has 0 saturated carbocycles. The Morgan fingerprint density at radius 2 is 0.550 bits per heavy atom. The zero-order chi connectivity index (χ0) is 23.6. The van der Waals surface area contributed by atoms with Crippen molar-refractivity contribution < 1.29 is 169 Å². The van der Waals surface area contributed by atoms with Crippen LogP contribution in [-0.2, 0) is 169 Å². The molecule has 0 unspecified atom stereocenters. The van der Waals surface area contributed by atoms with E-state index in [0.29, 0.717) is 85.9 Å². The number of hydrogen-bond donors (Lipinski definition) is 0. The first kappa shape index (κ1) is 66.5. The number of ether oxygens (including phenoxy) is 8. The Kier molecular flexibility index (Phi) is 92.2. The Labute approximate surface area is 351 Å². The van der Waals surface area contributed by atoms with Crippen LogP contribution in [0.5, 0.6) is 0 Å². The van der Waals surface area contributed by atoms with E-state index in [2.05, 4.69) is 20.8 Å². The Morgan fingerprint density at radius 3 is 0.775 bits per heavy atom. The number of rotatable bonds is 27. The average Bonchev–Trinajstić information content (AvgIpc) is 2.80. The van der Waals surface area contributed by atoms with Crippen LogP contribution in [0.15, 0.2) is 0 Å². The first-order valence-electron chi connectivity index (χ1n) is 12.4. The fourth-order valence-electron chi connectivity index (χ4n) is 2.76. The summed E-state index contributed by atoms with van der Waals surface area (Å²) in [5.74, 6) is 0. The normalized spacial score (nSPS) is 9.60. The maximum Gasteiger partial charge on any atom is 0.0700 e. The van der Waals surface area contributed by atoms with Crippen LogP contribution in [0.1, 0.15) is 47.0 Å². The van der Waals surface area contributed by atoms with Crippen molar-refractivity contribution in [2.24, 2.45) is 5.41 Å². The molecule has 0 heterocycles. The zero-order valence-corrected chi connectivity index (χ0v) is 38.9. The number of hydrogen-bond acceptors (Lipinski definition) is 8. The SMILES string of the molecule is CCCOCCOCC(COCCOCC)(COCCOCCC)COCCOCCC.[CH3-].[CH3-].[CH3-].[CH3-].[Y].[Y].[Y].[Y]. The molecule has 0 aliphatic carbocycles. The van der Waals surface area contributed by atoms with Crippen molar-refractivity contribution >= 4 is 0 Å². The molecule has 0 amide bonds. The van der Waals surface area contributed by atoms with Gasteiger partial charge in [-0.1, -0.05) is 20.8 Å². The van der Waals surface area contributed by atoms with Gasteiger partial charge in [0.2, 0.25) is 0 Å². The molecule has 0 spiro atoms. The van der Waals surface area contributed by atoms with E-state index in [-0.39, 0.29) is 161 Å². The summed E-state index contributed by atoms with van der Waals surface area (Å²) >= 11 is 0. The molecule has 8 nitrogen and oxygen atoms in total. The van der Waals surface area contributed by atoms with Crippen LogP contribution in [0.4, 0.5) is 0 Å². The second-order valence-corrected chi connectivity index (χ2v) is 7.74. The molecule has 0 bridgehead atoms. The van der Waals surface area contributed by atoms with Crippen LogP contribution in [-0.4, -0.2) is 106 Å². The van der Waals surface area contributed by atoms with Gasteiger partial charge in [0.25, 0.3) is 0 Å². The van der Waals surface area contributed by atoms with Crippen LogP contribution >= 0.6 is 0 Å².